The summed E-state index contributed by atoms with van der Waals surface area (Å²) in [5, 5.41) is 15.2. The lowest BCUT2D eigenvalue weighted by atomic mass is 9.94. The Balaban J connectivity index is 1.28. The Morgan fingerprint density at radius 1 is 0.857 bits per heavy atom. The van der Waals surface area contributed by atoms with Crippen LogP contribution in [0.5, 0.6) is 0 Å². The van der Waals surface area contributed by atoms with Crippen LogP contribution in [-0.4, -0.2) is 47.9 Å². The molecule has 0 aromatic heterocycles. The lowest BCUT2D eigenvalue weighted by Crippen LogP contribution is -2.56. The Morgan fingerprint density at radius 3 is 2.07 bits per heavy atom. The molecule has 2 aliphatic carbocycles. The van der Waals surface area contributed by atoms with Crippen LogP contribution in [0.3, 0.4) is 0 Å². The van der Waals surface area contributed by atoms with Gasteiger partial charge in [0.25, 0.3) is 0 Å². The first-order valence-electron chi connectivity index (χ1n) is 14.7. The van der Waals surface area contributed by atoms with Crippen molar-refractivity contribution >= 4 is 18.0 Å². The number of fused-ring (bicyclic) bond motifs is 3. The van der Waals surface area contributed by atoms with Crippen molar-refractivity contribution in [2.24, 2.45) is 5.92 Å². The summed E-state index contributed by atoms with van der Waals surface area (Å²) < 4.78 is 11.7. The SMILES string of the molecule is C[C@H](OCc1ccccc1)[C@@H](NC(=O)OCC1c2ccccc2-c2ccccc21)C(=O)NC(CC(=O)O)C1CCCC1. The Bertz CT molecular complexity index is 1340. The summed E-state index contributed by atoms with van der Waals surface area (Å²) in [6.07, 6.45) is 2.13. The van der Waals surface area contributed by atoms with E-state index in [-0.39, 0.29) is 31.5 Å². The van der Waals surface area contributed by atoms with Crippen LogP contribution in [0.25, 0.3) is 11.1 Å². The number of carboxylic acid groups (broad SMARTS) is 1. The van der Waals surface area contributed by atoms with Crippen LogP contribution < -0.4 is 10.6 Å². The predicted octanol–water partition coefficient (Wildman–Crippen LogP) is 5.65. The average Bonchev–Trinajstić information content (AvgIpc) is 3.65. The minimum atomic E-state index is -1.08. The predicted molar refractivity (Wildman–Crippen MR) is 159 cm³/mol. The van der Waals surface area contributed by atoms with Gasteiger partial charge in [0, 0.05) is 12.0 Å². The highest BCUT2D eigenvalue weighted by atomic mass is 16.5. The van der Waals surface area contributed by atoms with E-state index in [9.17, 15) is 19.5 Å². The highest BCUT2D eigenvalue weighted by Gasteiger charge is 2.35. The summed E-state index contributed by atoms with van der Waals surface area (Å²) >= 11 is 0. The number of carboxylic acids is 1. The number of carbonyl (C=O) groups is 3. The van der Waals surface area contributed by atoms with Crippen molar-refractivity contribution in [1.29, 1.82) is 0 Å². The minimum absolute atomic E-state index is 0.0840. The molecule has 0 spiro atoms. The van der Waals surface area contributed by atoms with E-state index in [1.165, 1.54) is 0 Å². The molecular formula is C34H38N2O6. The molecule has 3 aromatic carbocycles. The maximum atomic E-state index is 13.6. The molecule has 3 N–H and O–H groups in total. The number of amides is 2. The number of rotatable bonds is 12. The standard InChI is InChI=1S/C34H38N2O6/c1-22(41-20-23-11-3-2-4-12-23)32(33(39)35-30(19-31(37)38)24-13-5-6-14-24)36-34(40)42-21-29-27-17-9-7-15-25(27)26-16-8-10-18-28(26)29/h2-4,7-12,15-18,22,24,29-30,32H,5-6,13-14,19-21H2,1H3,(H,35,39)(H,36,40)(H,37,38)/t22-,30?,32+/m0/s1. The van der Waals surface area contributed by atoms with Crippen molar-refractivity contribution in [3.8, 4) is 11.1 Å². The van der Waals surface area contributed by atoms with Crippen LogP contribution in [0.4, 0.5) is 4.79 Å². The number of ether oxygens (including phenoxy) is 2. The van der Waals surface area contributed by atoms with Gasteiger partial charge in [-0.3, -0.25) is 9.59 Å². The van der Waals surface area contributed by atoms with E-state index in [2.05, 4.69) is 22.8 Å². The molecule has 0 saturated heterocycles. The number of benzene rings is 3. The normalized spacial score (nSPS) is 16.6. The van der Waals surface area contributed by atoms with Crippen LogP contribution in [-0.2, 0) is 25.7 Å². The summed E-state index contributed by atoms with van der Waals surface area (Å²) in [5.74, 6) is -1.49. The second-order valence-corrected chi connectivity index (χ2v) is 11.2. The van der Waals surface area contributed by atoms with Crippen LogP contribution >= 0.6 is 0 Å². The molecule has 8 heteroatoms. The maximum Gasteiger partial charge on any atom is 0.407 e. The number of nitrogens with one attached hydrogen (secondary N) is 2. The largest absolute Gasteiger partial charge is 0.481 e. The molecule has 1 saturated carbocycles. The minimum Gasteiger partial charge on any atom is -0.481 e. The van der Waals surface area contributed by atoms with Gasteiger partial charge in [0.15, 0.2) is 0 Å². The van der Waals surface area contributed by atoms with Crippen molar-refractivity contribution in [1.82, 2.24) is 10.6 Å². The van der Waals surface area contributed by atoms with Crippen molar-refractivity contribution in [3.63, 3.8) is 0 Å². The number of hydrogen-bond donors (Lipinski definition) is 3. The molecule has 42 heavy (non-hydrogen) atoms. The summed E-state index contributed by atoms with van der Waals surface area (Å²) in [6, 6.07) is 24.1. The van der Waals surface area contributed by atoms with Gasteiger partial charge in [-0.05, 0) is 53.5 Å². The van der Waals surface area contributed by atoms with E-state index in [1.54, 1.807) is 6.92 Å². The molecule has 220 valence electrons. The molecule has 0 aliphatic heterocycles. The molecule has 1 fully saturated rings. The van der Waals surface area contributed by atoms with Gasteiger partial charge in [0.05, 0.1) is 19.1 Å². The summed E-state index contributed by atoms with van der Waals surface area (Å²) in [7, 11) is 0. The monoisotopic (exact) mass is 570 g/mol. The molecule has 5 rings (SSSR count). The van der Waals surface area contributed by atoms with Crippen molar-refractivity contribution in [2.45, 2.75) is 69.7 Å². The molecule has 3 atom stereocenters. The van der Waals surface area contributed by atoms with Crippen LogP contribution in [0, 0.1) is 5.92 Å². The fourth-order valence-electron chi connectivity index (χ4n) is 6.22. The molecule has 0 bridgehead atoms. The zero-order valence-corrected chi connectivity index (χ0v) is 23.8. The highest BCUT2D eigenvalue weighted by Crippen LogP contribution is 2.44. The summed E-state index contributed by atoms with van der Waals surface area (Å²) in [4.78, 5) is 38.4. The zero-order valence-electron chi connectivity index (χ0n) is 23.8. The van der Waals surface area contributed by atoms with E-state index in [1.807, 2.05) is 66.7 Å². The number of aliphatic carboxylic acids is 1. The lowest BCUT2D eigenvalue weighted by molar-refractivity contribution is -0.138. The van der Waals surface area contributed by atoms with Gasteiger partial charge in [0.2, 0.25) is 5.91 Å². The third-order valence-electron chi connectivity index (χ3n) is 8.42. The van der Waals surface area contributed by atoms with Gasteiger partial charge in [-0.25, -0.2) is 4.79 Å². The van der Waals surface area contributed by atoms with Gasteiger partial charge in [0.1, 0.15) is 12.6 Å². The quantitative estimate of drug-likeness (QED) is 0.259. The third kappa shape index (κ3) is 6.99. The van der Waals surface area contributed by atoms with Gasteiger partial charge in [-0.1, -0.05) is 91.7 Å². The van der Waals surface area contributed by atoms with Crippen molar-refractivity contribution < 1.29 is 29.0 Å². The van der Waals surface area contributed by atoms with Crippen LogP contribution in [0.2, 0.25) is 0 Å². The Morgan fingerprint density at radius 2 is 1.45 bits per heavy atom. The first kappa shape index (κ1) is 29.3. The Labute approximate surface area is 246 Å². The van der Waals surface area contributed by atoms with E-state index >= 15 is 0 Å². The van der Waals surface area contributed by atoms with Crippen LogP contribution in [0.15, 0.2) is 78.9 Å². The molecule has 0 radical (unpaired) electrons. The maximum absolute atomic E-state index is 13.6. The molecule has 2 amide bonds. The third-order valence-corrected chi connectivity index (χ3v) is 8.42. The first-order valence-corrected chi connectivity index (χ1v) is 14.7. The molecule has 1 unspecified atom stereocenters. The van der Waals surface area contributed by atoms with Gasteiger partial charge in [-0.2, -0.15) is 0 Å². The first-order chi connectivity index (χ1) is 20.4. The smallest absolute Gasteiger partial charge is 0.407 e. The summed E-state index contributed by atoms with van der Waals surface area (Å²) in [6.45, 7) is 2.08. The fourth-order valence-corrected chi connectivity index (χ4v) is 6.22. The molecule has 8 nitrogen and oxygen atoms in total. The second-order valence-electron chi connectivity index (χ2n) is 11.2. The van der Waals surface area contributed by atoms with E-state index in [0.717, 1.165) is 53.5 Å². The van der Waals surface area contributed by atoms with Crippen molar-refractivity contribution in [3.05, 3.63) is 95.6 Å². The average molecular weight is 571 g/mol. The second kappa shape index (κ2) is 13.7. The topological polar surface area (TPSA) is 114 Å². The molecule has 2 aliphatic rings. The highest BCUT2D eigenvalue weighted by molar-refractivity contribution is 5.87. The molecule has 3 aromatic rings. The zero-order chi connectivity index (χ0) is 29.5. The van der Waals surface area contributed by atoms with Crippen molar-refractivity contribution in [2.75, 3.05) is 6.61 Å². The lowest BCUT2D eigenvalue weighted by Gasteiger charge is -2.29. The van der Waals surface area contributed by atoms with Gasteiger partial charge < -0.3 is 25.2 Å². The van der Waals surface area contributed by atoms with Crippen LogP contribution in [0.1, 0.15) is 61.6 Å². The molecular weight excluding hydrogens is 532 g/mol. The van der Waals surface area contributed by atoms with E-state index in [4.69, 9.17) is 9.47 Å². The number of alkyl carbamates (subject to hydrolysis) is 1. The van der Waals surface area contributed by atoms with Gasteiger partial charge in [-0.15, -0.1) is 0 Å². The Hall–Kier alpha value is -4.17. The number of carbonyl (C=O) groups excluding carboxylic acids is 2. The number of hydrogen-bond acceptors (Lipinski definition) is 5. The van der Waals surface area contributed by atoms with E-state index in [0.29, 0.717) is 0 Å². The van der Waals surface area contributed by atoms with Gasteiger partial charge >= 0.3 is 12.1 Å². The summed E-state index contributed by atoms with van der Waals surface area (Å²) in [5.41, 5.74) is 5.36. The van der Waals surface area contributed by atoms with E-state index < -0.39 is 36.2 Å². The molecule has 0 heterocycles. The fraction of sp³-hybridized carbons (Fsp3) is 0.382. The Kier molecular flexibility index (Phi) is 9.54.